The molecule has 0 aliphatic carbocycles. The van der Waals surface area contributed by atoms with Gasteiger partial charge in [-0.15, -0.1) is 11.3 Å². The van der Waals surface area contributed by atoms with Crippen LogP contribution in [-0.2, 0) is 5.75 Å². The summed E-state index contributed by atoms with van der Waals surface area (Å²) in [5.41, 5.74) is 1.99. The van der Waals surface area contributed by atoms with E-state index in [0.717, 1.165) is 51.4 Å². The molecule has 184 valence electrons. The third-order valence-electron chi connectivity index (χ3n) is 6.36. The Morgan fingerprint density at radius 3 is 2.75 bits per heavy atom. The molecule has 1 amide bonds. The van der Waals surface area contributed by atoms with Crippen LogP contribution in [0.5, 0.6) is 11.5 Å². The van der Waals surface area contributed by atoms with Crippen LogP contribution in [0, 0.1) is 0 Å². The second-order valence-corrected chi connectivity index (χ2v) is 10.6. The van der Waals surface area contributed by atoms with E-state index in [4.69, 9.17) is 18.9 Å². The third-order valence-corrected chi connectivity index (χ3v) is 8.34. The van der Waals surface area contributed by atoms with Crippen LogP contribution in [0.2, 0.25) is 0 Å². The van der Waals surface area contributed by atoms with Gasteiger partial charge in [0.15, 0.2) is 17.3 Å². The van der Waals surface area contributed by atoms with Crippen LogP contribution >= 0.6 is 23.1 Å². The number of thiazole rings is 1. The fraction of sp³-hybridized carbons (Fsp3) is 0.296. The predicted molar refractivity (Wildman–Crippen MR) is 139 cm³/mol. The van der Waals surface area contributed by atoms with Gasteiger partial charge < -0.3 is 18.8 Å². The monoisotopic (exact) mass is 519 g/mol. The second-order valence-electron chi connectivity index (χ2n) is 8.72. The van der Waals surface area contributed by atoms with Crippen molar-refractivity contribution in [3.8, 4) is 22.8 Å². The number of carbonyl (C=O) groups is 1. The Bertz CT molecular complexity index is 1350. The van der Waals surface area contributed by atoms with E-state index in [9.17, 15) is 4.79 Å². The quantitative estimate of drug-likeness (QED) is 0.294. The molecule has 3 aromatic heterocycles. The van der Waals surface area contributed by atoms with E-state index in [1.54, 1.807) is 35.4 Å². The summed E-state index contributed by atoms with van der Waals surface area (Å²) in [6.45, 7) is 2.54. The van der Waals surface area contributed by atoms with Gasteiger partial charge in [-0.05, 0) is 55.3 Å². The van der Waals surface area contributed by atoms with Crippen molar-refractivity contribution in [2.75, 3.05) is 26.3 Å². The summed E-state index contributed by atoms with van der Waals surface area (Å²) in [7, 11) is 0. The lowest BCUT2D eigenvalue weighted by molar-refractivity contribution is 0.0679. The normalized spacial score (nSPS) is 15.7. The van der Waals surface area contributed by atoms with Gasteiger partial charge >= 0.3 is 0 Å². The Balaban J connectivity index is 1.04. The number of amides is 1. The molecule has 1 saturated heterocycles. The summed E-state index contributed by atoms with van der Waals surface area (Å²) in [4.78, 5) is 24.1. The molecule has 2 aliphatic heterocycles. The number of rotatable bonds is 6. The van der Waals surface area contributed by atoms with Crippen molar-refractivity contribution in [1.82, 2.24) is 14.9 Å². The van der Waals surface area contributed by atoms with Crippen LogP contribution in [0.3, 0.4) is 0 Å². The zero-order valence-electron chi connectivity index (χ0n) is 19.6. The molecule has 0 atom stereocenters. The second kappa shape index (κ2) is 10.4. The number of likely N-dealkylation sites (tertiary alicyclic amines) is 1. The Labute approximate surface area is 217 Å². The number of fused-ring (bicyclic) bond motifs is 1. The molecule has 4 aromatic rings. The highest BCUT2D eigenvalue weighted by atomic mass is 32.2. The number of thioether (sulfide) groups is 1. The number of furan rings is 1. The van der Waals surface area contributed by atoms with Crippen LogP contribution in [0.4, 0.5) is 0 Å². The molecule has 0 spiro atoms. The van der Waals surface area contributed by atoms with Crippen molar-refractivity contribution in [3.05, 3.63) is 76.6 Å². The van der Waals surface area contributed by atoms with Crippen molar-refractivity contribution in [1.29, 1.82) is 0 Å². The molecule has 0 N–H and O–H groups in total. The van der Waals surface area contributed by atoms with Gasteiger partial charge in [0.2, 0.25) is 0 Å². The fourth-order valence-corrected chi connectivity index (χ4v) is 6.20. The van der Waals surface area contributed by atoms with Crippen LogP contribution < -0.4 is 9.47 Å². The number of carbonyl (C=O) groups excluding carboxylic acids is 1. The van der Waals surface area contributed by atoms with Crippen molar-refractivity contribution < 1.29 is 18.7 Å². The Morgan fingerprint density at radius 2 is 1.92 bits per heavy atom. The minimum absolute atomic E-state index is 0.0429. The molecule has 7 nitrogen and oxygen atoms in total. The van der Waals surface area contributed by atoms with E-state index in [0.29, 0.717) is 43.7 Å². The highest BCUT2D eigenvalue weighted by Gasteiger charge is 2.28. The highest BCUT2D eigenvalue weighted by molar-refractivity contribution is 7.98. The fourth-order valence-electron chi connectivity index (χ4n) is 4.44. The largest absolute Gasteiger partial charge is 0.486 e. The van der Waals surface area contributed by atoms with Crippen LogP contribution in [-0.4, -0.2) is 47.1 Å². The number of hydrogen-bond donors (Lipinski definition) is 0. The lowest BCUT2D eigenvalue weighted by Crippen LogP contribution is -2.37. The maximum atomic E-state index is 13.0. The molecule has 1 fully saturated rings. The molecule has 1 aromatic carbocycles. The van der Waals surface area contributed by atoms with E-state index in [1.165, 1.54) is 0 Å². The van der Waals surface area contributed by atoms with Crippen molar-refractivity contribution in [3.63, 3.8) is 0 Å². The summed E-state index contributed by atoms with van der Waals surface area (Å²) in [6, 6.07) is 15.5. The first-order chi connectivity index (χ1) is 17.7. The van der Waals surface area contributed by atoms with Crippen molar-refractivity contribution in [2.45, 2.75) is 29.5 Å². The minimum Gasteiger partial charge on any atom is -0.486 e. The van der Waals surface area contributed by atoms with Crippen LogP contribution in [0.15, 0.2) is 69.6 Å². The molecule has 0 radical (unpaired) electrons. The van der Waals surface area contributed by atoms with Gasteiger partial charge in [0.1, 0.15) is 19.0 Å². The molecule has 5 heterocycles. The summed E-state index contributed by atoms with van der Waals surface area (Å²) < 4.78 is 17.2. The predicted octanol–water partition coefficient (Wildman–Crippen LogP) is 5.88. The van der Waals surface area contributed by atoms with Crippen molar-refractivity contribution >= 4 is 29.0 Å². The van der Waals surface area contributed by atoms with Crippen LogP contribution in [0.25, 0.3) is 11.3 Å². The van der Waals surface area contributed by atoms with E-state index in [-0.39, 0.29) is 5.91 Å². The number of hydrogen-bond acceptors (Lipinski definition) is 8. The average Bonchev–Trinajstić information content (AvgIpc) is 3.63. The first-order valence-corrected chi connectivity index (χ1v) is 13.9. The molecule has 9 heteroatoms. The average molecular weight is 520 g/mol. The lowest BCUT2D eigenvalue weighted by atomic mass is 9.97. The molecule has 2 aliphatic rings. The summed E-state index contributed by atoms with van der Waals surface area (Å²) in [5.74, 6) is 3.69. The molecular weight excluding hydrogens is 494 g/mol. The maximum Gasteiger partial charge on any atom is 0.289 e. The molecule has 6 rings (SSSR count). The van der Waals surface area contributed by atoms with E-state index in [2.05, 4.69) is 10.4 Å². The SMILES string of the molecule is O=C(c1ccc(CSc2ccccn2)o1)N1CCC(c2nc(-c3ccc4c(c3)OCCO4)cs2)CC1. The smallest absolute Gasteiger partial charge is 0.289 e. The van der Waals surface area contributed by atoms with E-state index in [1.807, 2.05) is 47.4 Å². The number of ether oxygens (including phenoxy) is 2. The highest BCUT2D eigenvalue weighted by Crippen LogP contribution is 2.37. The molecule has 0 bridgehead atoms. The number of benzene rings is 1. The molecule has 0 unspecified atom stereocenters. The Hall–Kier alpha value is -3.30. The first-order valence-electron chi connectivity index (χ1n) is 12.0. The molecular formula is C27H25N3O4S2. The molecule has 0 saturated carbocycles. The van der Waals surface area contributed by atoms with Gasteiger partial charge in [-0.3, -0.25) is 4.79 Å². The number of pyridine rings is 1. The van der Waals surface area contributed by atoms with E-state index < -0.39 is 0 Å². The van der Waals surface area contributed by atoms with Gasteiger partial charge in [-0.1, -0.05) is 17.8 Å². The van der Waals surface area contributed by atoms with Crippen LogP contribution in [0.1, 0.15) is 40.1 Å². The summed E-state index contributed by atoms with van der Waals surface area (Å²) in [6.07, 6.45) is 3.56. The number of piperidine rings is 1. The zero-order valence-corrected chi connectivity index (χ0v) is 21.2. The number of nitrogens with zero attached hydrogens (tertiary/aromatic N) is 3. The first kappa shape index (κ1) is 23.1. The topological polar surface area (TPSA) is 77.7 Å². The maximum absolute atomic E-state index is 13.0. The van der Waals surface area contributed by atoms with E-state index >= 15 is 0 Å². The lowest BCUT2D eigenvalue weighted by Gasteiger charge is -2.30. The van der Waals surface area contributed by atoms with Crippen molar-refractivity contribution in [2.24, 2.45) is 0 Å². The summed E-state index contributed by atoms with van der Waals surface area (Å²) in [5, 5.41) is 4.16. The number of aromatic nitrogens is 2. The third kappa shape index (κ3) is 4.99. The zero-order chi connectivity index (χ0) is 24.3. The van der Waals surface area contributed by atoms with Gasteiger partial charge in [0.25, 0.3) is 5.91 Å². The van der Waals surface area contributed by atoms with Gasteiger partial charge in [-0.2, -0.15) is 0 Å². The molecule has 36 heavy (non-hydrogen) atoms. The van der Waals surface area contributed by atoms with Gasteiger partial charge in [0, 0.05) is 36.1 Å². The Morgan fingerprint density at radius 1 is 1.06 bits per heavy atom. The summed E-state index contributed by atoms with van der Waals surface area (Å²) >= 11 is 3.28. The Kier molecular flexibility index (Phi) is 6.65. The van der Waals surface area contributed by atoms with Gasteiger partial charge in [-0.25, -0.2) is 9.97 Å². The minimum atomic E-state index is -0.0429. The standard InChI is InChI=1S/C27H25N3O4S2/c31-27(23-7-5-20(34-23)16-35-25-3-1-2-10-28-25)30-11-8-18(9-12-30)26-29-21(17-36-26)19-4-6-22-24(15-19)33-14-13-32-22/h1-7,10,15,17-18H,8-9,11-14,16H2. The van der Waals surface area contributed by atoms with Gasteiger partial charge in [0.05, 0.1) is 21.5 Å².